The van der Waals surface area contributed by atoms with E-state index in [4.69, 9.17) is 15.2 Å². The van der Waals surface area contributed by atoms with Crippen molar-refractivity contribution in [3.05, 3.63) is 34.4 Å². The van der Waals surface area contributed by atoms with E-state index in [0.717, 1.165) is 0 Å². The van der Waals surface area contributed by atoms with Crippen molar-refractivity contribution in [1.82, 2.24) is 0 Å². The number of carbonyl (C=O) groups is 1. The van der Waals surface area contributed by atoms with E-state index in [1.165, 1.54) is 21.6 Å². The topological polar surface area (TPSA) is 80.4 Å². The number of aliphatic carboxylic acids is 1. The lowest BCUT2D eigenvalue weighted by molar-refractivity contribution is -0.401. The second-order valence-corrected chi connectivity index (χ2v) is 4.07. The van der Waals surface area contributed by atoms with Gasteiger partial charge in [-0.15, -0.1) is 0 Å². The molecule has 0 aromatic heterocycles. The van der Waals surface area contributed by atoms with Crippen LogP contribution in [0, 0.1) is 10.1 Å². The Morgan fingerprint density at radius 2 is 2.31 bits per heavy atom. The first-order chi connectivity index (χ1) is 6.07. The molecular formula is C6H7NO4S2. The molecular weight excluding hydrogens is 214 g/mol. The van der Waals surface area contributed by atoms with Crippen molar-refractivity contribution < 1.29 is 14.8 Å². The Bertz CT molecular complexity index is 241. The molecule has 5 nitrogen and oxygen atoms in total. The maximum absolute atomic E-state index is 10.1. The van der Waals surface area contributed by atoms with Crippen LogP contribution in [0.1, 0.15) is 0 Å². The highest BCUT2D eigenvalue weighted by Crippen LogP contribution is 2.35. The lowest BCUT2D eigenvalue weighted by atomic mass is 10.4. The smallest absolute Gasteiger partial charge is 0.321 e. The Balaban J connectivity index is 0.000000252. The summed E-state index contributed by atoms with van der Waals surface area (Å²) >= 11 is 0. The van der Waals surface area contributed by atoms with E-state index in [0.29, 0.717) is 6.20 Å². The molecule has 1 N–H and O–H groups in total. The molecule has 0 radical (unpaired) electrons. The number of nitrogens with zero attached hydrogens (tertiary/aromatic N) is 1. The van der Waals surface area contributed by atoms with Crippen molar-refractivity contribution in [2.24, 2.45) is 0 Å². The van der Waals surface area contributed by atoms with Gasteiger partial charge in [0.15, 0.2) is 0 Å². The molecule has 1 atom stereocenters. The van der Waals surface area contributed by atoms with Gasteiger partial charge < -0.3 is 5.11 Å². The molecule has 0 aromatic carbocycles. The Hall–Kier alpha value is -0.950. The number of carboxylic acid groups (broad SMARTS) is 1. The van der Waals surface area contributed by atoms with Gasteiger partial charge in [0.1, 0.15) is 5.25 Å². The number of hydrogen-bond donors (Lipinski definition) is 1. The van der Waals surface area contributed by atoms with Crippen LogP contribution < -0.4 is 0 Å². The predicted molar refractivity (Wildman–Crippen MR) is 52.9 cm³/mol. The first-order valence-electron chi connectivity index (χ1n) is 3.05. The van der Waals surface area contributed by atoms with Gasteiger partial charge in [-0.3, -0.25) is 14.9 Å². The van der Waals surface area contributed by atoms with Crippen LogP contribution in [0.5, 0.6) is 0 Å². The summed E-state index contributed by atoms with van der Waals surface area (Å²) in [6, 6.07) is 0. The first kappa shape index (κ1) is 12.0. The molecule has 0 bridgehead atoms. The minimum Gasteiger partial charge on any atom is -0.480 e. The second-order valence-electron chi connectivity index (χ2n) is 1.75. The number of nitro groups is 1. The summed E-state index contributed by atoms with van der Waals surface area (Å²) in [4.78, 5) is 18.6. The fourth-order valence-corrected chi connectivity index (χ4v) is 2.26. The normalized spacial score (nSPS) is 18.6. The van der Waals surface area contributed by atoms with Crippen LogP contribution in [-0.4, -0.2) is 21.2 Å². The van der Waals surface area contributed by atoms with Crippen LogP contribution in [0.25, 0.3) is 0 Å². The molecule has 1 rings (SSSR count). The van der Waals surface area contributed by atoms with E-state index >= 15 is 0 Å². The highest BCUT2D eigenvalue weighted by Gasteiger charge is 2.17. The minimum atomic E-state index is -0.753. The predicted octanol–water partition coefficient (Wildman–Crippen LogP) is 1.75. The van der Waals surface area contributed by atoms with Crippen molar-refractivity contribution in [2.45, 2.75) is 5.25 Å². The van der Waals surface area contributed by atoms with Crippen molar-refractivity contribution in [3.63, 3.8) is 0 Å². The zero-order valence-electron chi connectivity index (χ0n) is 6.45. The van der Waals surface area contributed by atoms with E-state index in [1.807, 2.05) is 0 Å². The molecule has 7 heteroatoms. The SMILES string of the molecule is C=C[N+](=O)[O-].O=C(O)C1C=CSS1. The third kappa shape index (κ3) is 6.23. The molecule has 1 unspecified atom stereocenters. The van der Waals surface area contributed by atoms with Gasteiger partial charge in [0.25, 0.3) is 0 Å². The number of carboxylic acids is 1. The monoisotopic (exact) mass is 221 g/mol. The van der Waals surface area contributed by atoms with Gasteiger partial charge in [-0.05, 0) is 12.0 Å². The van der Waals surface area contributed by atoms with Gasteiger partial charge in [0, 0.05) is 0 Å². The standard InChI is InChI=1S/C4H4O2S2.C2H3NO2/c5-4(6)3-1-2-7-8-3;1-2-3(4)5/h1-3H,(H,5,6);2H,1H2. The highest BCUT2D eigenvalue weighted by molar-refractivity contribution is 8.78. The maximum Gasteiger partial charge on any atom is 0.321 e. The fourth-order valence-electron chi connectivity index (χ4n) is 0.351. The molecule has 0 aromatic rings. The third-order valence-corrected chi connectivity index (χ3v) is 3.09. The Labute approximate surface area is 82.4 Å². The molecule has 13 heavy (non-hydrogen) atoms. The summed E-state index contributed by atoms with van der Waals surface area (Å²) < 4.78 is 0. The maximum atomic E-state index is 10.1. The lowest BCUT2D eigenvalue weighted by Crippen LogP contribution is -2.09. The third-order valence-electron chi connectivity index (χ3n) is 0.861. The van der Waals surface area contributed by atoms with E-state index < -0.39 is 10.9 Å². The first-order valence-corrected chi connectivity index (χ1v) is 5.33. The summed E-state index contributed by atoms with van der Waals surface area (Å²) in [5.74, 6) is -0.753. The van der Waals surface area contributed by atoms with E-state index in [2.05, 4.69) is 6.58 Å². The van der Waals surface area contributed by atoms with Gasteiger partial charge in [-0.2, -0.15) is 0 Å². The molecule has 1 heterocycles. The molecule has 1 aliphatic heterocycles. The van der Waals surface area contributed by atoms with Crippen LogP contribution >= 0.6 is 21.6 Å². The summed E-state index contributed by atoms with van der Waals surface area (Å²) in [6.45, 7) is 2.86. The molecule has 72 valence electrons. The van der Waals surface area contributed by atoms with E-state index in [9.17, 15) is 4.79 Å². The van der Waals surface area contributed by atoms with Crippen LogP contribution in [0.2, 0.25) is 0 Å². The molecule has 0 fully saturated rings. The molecule has 0 saturated carbocycles. The number of rotatable bonds is 2. The summed E-state index contributed by atoms with van der Waals surface area (Å²) in [5, 5.41) is 18.9. The van der Waals surface area contributed by atoms with Crippen molar-refractivity contribution in [3.8, 4) is 0 Å². The van der Waals surface area contributed by atoms with Gasteiger partial charge in [0.2, 0.25) is 6.20 Å². The average molecular weight is 221 g/mol. The van der Waals surface area contributed by atoms with Crippen molar-refractivity contribution in [2.75, 3.05) is 0 Å². The summed E-state index contributed by atoms with van der Waals surface area (Å²) in [7, 11) is 2.82. The fraction of sp³-hybridized carbons (Fsp3) is 0.167. The van der Waals surface area contributed by atoms with E-state index in [1.54, 1.807) is 11.5 Å². The highest BCUT2D eigenvalue weighted by atomic mass is 33.1. The molecule has 1 aliphatic rings. The van der Waals surface area contributed by atoms with Crippen LogP contribution in [0.15, 0.2) is 24.3 Å². The van der Waals surface area contributed by atoms with Crippen LogP contribution in [0.3, 0.4) is 0 Å². The molecule has 0 aliphatic carbocycles. The van der Waals surface area contributed by atoms with Crippen LogP contribution in [0.4, 0.5) is 0 Å². The zero-order valence-corrected chi connectivity index (χ0v) is 8.09. The van der Waals surface area contributed by atoms with E-state index in [-0.39, 0.29) is 5.25 Å². The Kier molecular flexibility index (Phi) is 6.07. The average Bonchev–Trinajstić information content (AvgIpc) is 2.57. The van der Waals surface area contributed by atoms with Crippen molar-refractivity contribution >= 4 is 27.6 Å². The Morgan fingerprint density at radius 1 is 1.77 bits per heavy atom. The summed E-state index contributed by atoms with van der Waals surface area (Å²) in [6.07, 6.45) is 2.32. The Morgan fingerprint density at radius 3 is 2.46 bits per heavy atom. The lowest BCUT2D eigenvalue weighted by Gasteiger charge is -1.94. The molecule has 0 spiro atoms. The second kappa shape index (κ2) is 6.55. The van der Waals surface area contributed by atoms with Gasteiger partial charge in [-0.1, -0.05) is 27.7 Å². The van der Waals surface area contributed by atoms with Gasteiger partial charge in [-0.25, -0.2) is 0 Å². The quantitative estimate of drug-likeness (QED) is 0.434. The zero-order chi connectivity index (χ0) is 10.3. The minimum absolute atomic E-state index is 0.319. The van der Waals surface area contributed by atoms with Crippen LogP contribution in [-0.2, 0) is 4.79 Å². The molecule has 0 amide bonds. The largest absolute Gasteiger partial charge is 0.480 e. The van der Waals surface area contributed by atoms with Crippen molar-refractivity contribution in [1.29, 1.82) is 0 Å². The van der Waals surface area contributed by atoms with Gasteiger partial charge in [0.05, 0.1) is 4.92 Å². The van der Waals surface area contributed by atoms with Gasteiger partial charge >= 0.3 is 5.97 Å². The molecule has 0 saturated heterocycles. The number of hydrogen-bond acceptors (Lipinski definition) is 5. The summed E-state index contributed by atoms with van der Waals surface area (Å²) in [5.41, 5.74) is 0.